The summed E-state index contributed by atoms with van der Waals surface area (Å²) < 4.78 is 0. The van der Waals surface area contributed by atoms with Crippen LogP contribution in [0.25, 0.3) is 0 Å². The van der Waals surface area contributed by atoms with Crippen LogP contribution in [0.1, 0.15) is 33.6 Å². The monoisotopic (exact) mass is 190 g/mol. The lowest BCUT2D eigenvalue weighted by Gasteiger charge is -2.22. The van der Waals surface area contributed by atoms with E-state index in [1.54, 1.807) is 0 Å². The largest absolute Gasteiger partial charge is 0.271 e. The molecule has 3 N–H and O–H groups in total. The average molecular weight is 190 g/mol. The summed E-state index contributed by atoms with van der Waals surface area (Å²) in [7, 11) is 0. The van der Waals surface area contributed by atoms with Crippen LogP contribution in [0.4, 0.5) is 0 Å². The molecule has 2 nitrogen and oxygen atoms in total. The number of thioether (sulfide) groups is 1. The Morgan fingerprint density at radius 3 is 2.33 bits per heavy atom. The number of rotatable bonds is 5. The molecular formula is C9H22N2S. The normalized spacial score (nSPS) is 14.8. The first-order valence-electron chi connectivity index (χ1n) is 4.44. The van der Waals surface area contributed by atoms with E-state index in [4.69, 9.17) is 5.84 Å². The summed E-state index contributed by atoms with van der Waals surface area (Å²) >= 11 is 1.84. The smallest absolute Gasteiger partial charge is 0.0301 e. The van der Waals surface area contributed by atoms with Crippen LogP contribution >= 0.6 is 11.8 Å². The van der Waals surface area contributed by atoms with Crippen LogP contribution in [0.2, 0.25) is 0 Å². The molecule has 0 heterocycles. The molecule has 1 atom stereocenters. The average Bonchev–Trinajstić information content (AvgIpc) is 1.96. The summed E-state index contributed by atoms with van der Waals surface area (Å²) in [6, 6.07) is 0.472. The topological polar surface area (TPSA) is 38.0 Å². The summed E-state index contributed by atoms with van der Waals surface area (Å²) in [5, 5.41) is 0. The van der Waals surface area contributed by atoms with Gasteiger partial charge in [0.2, 0.25) is 0 Å². The van der Waals surface area contributed by atoms with Crippen LogP contribution in [0.3, 0.4) is 0 Å². The Kier molecular flexibility index (Phi) is 5.97. The van der Waals surface area contributed by atoms with Crippen molar-refractivity contribution in [2.75, 3.05) is 12.0 Å². The molecule has 0 aromatic heterocycles. The molecule has 0 aromatic carbocycles. The molecule has 0 radical (unpaired) electrons. The summed E-state index contributed by atoms with van der Waals surface area (Å²) in [5.74, 6) is 6.53. The van der Waals surface area contributed by atoms with Crippen molar-refractivity contribution >= 4 is 11.8 Å². The molecule has 3 heteroatoms. The highest BCUT2D eigenvalue weighted by molar-refractivity contribution is 7.98. The Balaban J connectivity index is 3.58. The molecule has 0 spiro atoms. The maximum atomic E-state index is 5.42. The molecule has 0 aliphatic heterocycles. The van der Waals surface area contributed by atoms with Gasteiger partial charge in [-0.2, -0.15) is 11.8 Å². The summed E-state index contributed by atoms with van der Waals surface area (Å²) in [6.45, 7) is 6.79. The molecule has 12 heavy (non-hydrogen) atoms. The molecule has 74 valence electrons. The van der Waals surface area contributed by atoms with Gasteiger partial charge in [0.25, 0.3) is 0 Å². The zero-order chi connectivity index (χ0) is 9.61. The molecule has 0 bridgehead atoms. The predicted octanol–water partition coefficient (Wildman–Crippen LogP) is 2.01. The highest BCUT2D eigenvalue weighted by Gasteiger charge is 2.13. The Labute approximate surface area is 80.6 Å². The van der Waals surface area contributed by atoms with Crippen molar-refractivity contribution in [3.63, 3.8) is 0 Å². The second-order valence-corrected chi connectivity index (χ2v) is 5.33. The third-order valence-corrected chi connectivity index (χ3v) is 2.58. The van der Waals surface area contributed by atoms with Gasteiger partial charge in [-0.3, -0.25) is 11.3 Å². The first kappa shape index (κ1) is 12.3. The van der Waals surface area contributed by atoms with Gasteiger partial charge in [-0.05, 0) is 24.5 Å². The fraction of sp³-hybridized carbons (Fsp3) is 1.00. The van der Waals surface area contributed by atoms with Gasteiger partial charge in [-0.15, -0.1) is 0 Å². The van der Waals surface area contributed by atoms with Gasteiger partial charge in [0, 0.05) is 11.8 Å². The first-order valence-corrected chi connectivity index (χ1v) is 5.84. The molecule has 0 amide bonds. The number of nitrogens with one attached hydrogen (secondary N) is 1. The third-order valence-electron chi connectivity index (χ3n) is 1.85. The SMILES string of the molecule is CSCC(CCC(C)(C)C)NN. The quantitative estimate of drug-likeness (QED) is 0.514. The molecule has 1 unspecified atom stereocenters. The summed E-state index contributed by atoms with van der Waals surface area (Å²) in [4.78, 5) is 0. The van der Waals surface area contributed by atoms with E-state index >= 15 is 0 Å². The second-order valence-electron chi connectivity index (χ2n) is 4.42. The molecule has 0 rings (SSSR count). The van der Waals surface area contributed by atoms with E-state index in [0.717, 1.165) is 5.75 Å². The van der Waals surface area contributed by atoms with Crippen molar-refractivity contribution < 1.29 is 0 Å². The lowest BCUT2D eigenvalue weighted by atomic mass is 9.89. The molecule has 0 fully saturated rings. The maximum Gasteiger partial charge on any atom is 0.0301 e. The Morgan fingerprint density at radius 1 is 1.42 bits per heavy atom. The minimum atomic E-state index is 0.424. The number of nitrogens with two attached hydrogens (primary N) is 1. The van der Waals surface area contributed by atoms with Crippen LogP contribution in [0.15, 0.2) is 0 Å². The van der Waals surface area contributed by atoms with Crippen LogP contribution in [-0.4, -0.2) is 18.1 Å². The molecule has 0 aliphatic carbocycles. The fourth-order valence-corrected chi connectivity index (χ4v) is 1.69. The van der Waals surface area contributed by atoms with Crippen LogP contribution in [0.5, 0.6) is 0 Å². The standard InChI is InChI=1S/C9H22N2S/c1-9(2,3)6-5-8(11-10)7-12-4/h8,11H,5-7,10H2,1-4H3. The van der Waals surface area contributed by atoms with Crippen LogP contribution in [0, 0.1) is 5.41 Å². The molecule has 0 saturated heterocycles. The molecule has 0 aromatic rings. The summed E-state index contributed by atoms with van der Waals surface area (Å²) in [5.41, 5.74) is 3.28. The van der Waals surface area contributed by atoms with Gasteiger partial charge in [0.05, 0.1) is 0 Å². The zero-order valence-electron chi connectivity index (χ0n) is 8.68. The van der Waals surface area contributed by atoms with Gasteiger partial charge in [-0.25, -0.2) is 0 Å². The molecular weight excluding hydrogens is 168 g/mol. The zero-order valence-corrected chi connectivity index (χ0v) is 9.50. The third kappa shape index (κ3) is 6.95. The van der Waals surface area contributed by atoms with Crippen LogP contribution < -0.4 is 11.3 Å². The fourth-order valence-electron chi connectivity index (χ4n) is 1.02. The lowest BCUT2D eigenvalue weighted by Crippen LogP contribution is -2.37. The van der Waals surface area contributed by atoms with E-state index in [1.807, 2.05) is 11.8 Å². The van der Waals surface area contributed by atoms with E-state index < -0.39 is 0 Å². The predicted molar refractivity (Wildman–Crippen MR) is 58.2 cm³/mol. The number of hydrogen-bond donors (Lipinski definition) is 2. The van der Waals surface area contributed by atoms with Crippen molar-refractivity contribution in [3.05, 3.63) is 0 Å². The minimum absolute atomic E-state index is 0.424. The van der Waals surface area contributed by atoms with Gasteiger partial charge < -0.3 is 0 Å². The second kappa shape index (κ2) is 5.84. The highest BCUT2D eigenvalue weighted by Crippen LogP contribution is 2.22. The minimum Gasteiger partial charge on any atom is -0.271 e. The van der Waals surface area contributed by atoms with E-state index in [-0.39, 0.29) is 0 Å². The lowest BCUT2D eigenvalue weighted by molar-refractivity contribution is 0.339. The highest BCUT2D eigenvalue weighted by atomic mass is 32.2. The van der Waals surface area contributed by atoms with Gasteiger partial charge in [0.15, 0.2) is 0 Å². The van der Waals surface area contributed by atoms with Crippen molar-refractivity contribution in [3.8, 4) is 0 Å². The van der Waals surface area contributed by atoms with Crippen molar-refractivity contribution in [1.29, 1.82) is 0 Å². The number of hydrogen-bond acceptors (Lipinski definition) is 3. The van der Waals surface area contributed by atoms with Crippen molar-refractivity contribution in [2.24, 2.45) is 11.3 Å². The van der Waals surface area contributed by atoms with E-state index in [0.29, 0.717) is 11.5 Å². The van der Waals surface area contributed by atoms with E-state index in [1.165, 1.54) is 12.8 Å². The van der Waals surface area contributed by atoms with Crippen LogP contribution in [-0.2, 0) is 0 Å². The molecule has 0 aliphatic rings. The first-order chi connectivity index (χ1) is 5.49. The van der Waals surface area contributed by atoms with E-state index in [9.17, 15) is 0 Å². The maximum absolute atomic E-state index is 5.42. The van der Waals surface area contributed by atoms with Gasteiger partial charge in [-0.1, -0.05) is 20.8 Å². The summed E-state index contributed by atoms with van der Waals surface area (Å²) in [6.07, 6.45) is 4.50. The Bertz CT molecular complexity index is 110. The van der Waals surface area contributed by atoms with Crippen molar-refractivity contribution in [2.45, 2.75) is 39.7 Å². The van der Waals surface area contributed by atoms with Gasteiger partial charge >= 0.3 is 0 Å². The Morgan fingerprint density at radius 2 is 2.00 bits per heavy atom. The van der Waals surface area contributed by atoms with Crippen molar-refractivity contribution in [1.82, 2.24) is 5.43 Å². The van der Waals surface area contributed by atoms with Gasteiger partial charge in [0.1, 0.15) is 0 Å². The number of hydrazine groups is 1. The van der Waals surface area contributed by atoms with E-state index in [2.05, 4.69) is 32.5 Å². The molecule has 0 saturated carbocycles. The Hall–Kier alpha value is 0.270.